The minimum atomic E-state index is -1.23. The second-order valence-corrected chi connectivity index (χ2v) is 5.35. The monoisotopic (exact) mass is 302 g/mol. The second kappa shape index (κ2) is 6.49. The molecule has 1 heterocycles. The summed E-state index contributed by atoms with van der Waals surface area (Å²) in [5.41, 5.74) is 1.21. The molecule has 0 aliphatic carbocycles. The Morgan fingerprint density at radius 2 is 1.90 bits per heavy atom. The highest BCUT2D eigenvalue weighted by molar-refractivity contribution is 7.97. The molecule has 1 aromatic heterocycles. The van der Waals surface area contributed by atoms with E-state index in [1.807, 2.05) is 13.2 Å². The Balaban J connectivity index is 2.44. The third-order valence-electron chi connectivity index (χ3n) is 2.87. The van der Waals surface area contributed by atoms with Gasteiger partial charge in [-0.3, -0.25) is 4.79 Å². The smallest absolute Gasteiger partial charge is 0.355 e. The fraction of sp³-hybridized carbons (Fsp3) is 0.200. The van der Waals surface area contributed by atoms with Gasteiger partial charge in [-0.15, -0.1) is 0 Å². The van der Waals surface area contributed by atoms with Crippen molar-refractivity contribution in [2.45, 2.75) is 12.7 Å². The quantitative estimate of drug-likeness (QED) is 0.855. The number of hydrogen-bond donors (Lipinski definition) is 1. The molecule has 0 amide bonds. The Bertz CT molecular complexity index is 684. The Hall–Kier alpha value is -2.21. The zero-order chi connectivity index (χ0) is 15.4. The summed E-state index contributed by atoms with van der Waals surface area (Å²) in [6.07, 6.45) is 3.17. The molecule has 108 valence electrons. The molecule has 2 rings (SSSR count). The van der Waals surface area contributed by atoms with Crippen molar-refractivity contribution in [2.75, 3.05) is 6.26 Å². The maximum absolute atomic E-state index is 12.4. The first kappa shape index (κ1) is 15.2. The number of aromatic nitrogens is 2. The number of benzene rings is 1. The van der Waals surface area contributed by atoms with E-state index >= 15 is 0 Å². The molecule has 6 heteroatoms. The number of nitrogens with zero attached hydrogens (tertiary/aromatic N) is 2. The van der Waals surface area contributed by atoms with Crippen LogP contribution in [0.1, 0.15) is 37.8 Å². The lowest BCUT2D eigenvalue weighted by Crippen LogP contribution is -2.14. The summed E-state index contributed by atoms with van der Waals surface area (Å²) in [6, 6.07) is 6.94. The number of thioether (sulfide) groups is 1. The van der Waals surface area contributed by atoms with Gasteiger partial charge in [0, 0.05) is 11.8 Å². The van der Waals surface area contributed by atoms with Gasteiger partial charge < -0.3 is 5.11 Å². The minimum absolute atomic E-state index is 0.0104. The summed E-state index contributed by atoms with van der Waals surface area (Å²) < 4.78 is 0. The lowest BCUT2D eigenvalue weighted by Gasteiger charge is -2.06. The average Bonchev–Trinajstić information content (AvgIpc) is 2.47. The van der Waals surface area contributed by atoms with Crippen LogP contribution in [0, 0.1) is 6.92 Å². The molecule has 2 aromatic rings. The van der Waals surface area contributed by atoms with Gasteiger partial charge in [-0.1, -0.05) is 29.8 Å². The SMILES string of the molecule is CSCc1ncc(C(=O)c2ccc(C)cc2)c(C(=O)O)n1. The van der Waals surface area contributed by atoms with Gasteiger partial charge in [0.25, 0.3) is 0 Å². The lowest BCUT2D eigenvalue weighted by molar-refractivity contribution is 0.0685. The van der Waals surface area contributed by atoms with Gasteiger partial charge >= 0.3 is 5.97 Å². The van der Waals surface area contributed by atoms with E-state index < -0.39 is 5.97 Å². The fourth-order valence-electron chi connectivity index (χ4n) is 1.81. The maximum atomic E-state index is 12.4. The normalized spacial score (nSPS) is 10.4. The molecular weight excluding hydrogens is 288 g/mol. The molecule has 0 fully saturated rings. The standard InChI is InChI=1S/C15H14N2O3S/c1-9-3-5-10(6-4-9)14(18)11-7-16-12(8-21-2)17-13(11)15(19)20/h3-7H,8H2,1-2H3,(H,19,20). The zero-order valence-corrected chi connectivity index (χ0v) is 12.5. The van der Waals surface area contributed by atoms with Crippen LogP contribution in [0.25, 0.3) is 0 Å². The van der Waals surface area contributed by atoms with Gasteiger partial charge in [0.05, 0.1) is 11.3 Å². The number of rotatable bonds is 5. The number of aromatic carboxylic acids is 1. The van der Waals surface area contributed by atoms with Crippen molar-refractivity contribution in [3.63, 3.8) is 0 Å². The van der Waals surface area contributed by atoms with Crippen LogP contribution >= 0.6 is 11.8 Å². The Morgan fingerprint density at radius 3 is 2.48 bits per heavy atom. The van der Waals surface area contributed by atoms with Crippen molar-refractivity contribution in [1.82, 2.24) is 9.97 Å². The Kier molecular flexibility index (Phi) is 4.70. The van der Waals surface area contributed by atoms with Crippen molar-refractivity contribution in [1.29, 1.82) is 0 Å². The minimum Gasteiger partial charge on any atom is -0.476 e. The molecule has 0 atom stereocenters. The first-order chi connectivity index (χ1) is 10.0. The lowest BCUT2D eigenvalue weighted by atomic mass is 10.0. The van der Waals surface area contributed by atoms with Crippen LogP contribution in [-0.4, -0.2) is 33.1 Å². The number of carbonyl (C=O) groups is 2. The summed E-state index contributed by atoms with van der Waals surface area (Å²) in [4.78, 5) is 31.8. The van der Waals surface area contributed by atoms with E-state index in [1.165, 1.54) is 18.0 Å². The first-order valence-electron chi connectivity index (χ1n) is 6.22. The highest BCUT2D eigenvalue weighted by atomic mass is 32.2. The number of carboxylic acids is 1. The summed E-state index contributed by atoms with van der Waals surface area (Å²) in [5.74, 6) is -0.710. The van der Waals surface area contributed by atoms with Crippen molar-refractivity contribution in [2.24, 2.45) is 0 Å². The van der Waals surface area contributed by atoms with Crippen molar-refractivity contribution in [3.8, 4) is 0 Å². The number of carbonyl (C=O) groups excluding carboxylic acids is 1. The number of ketones is 1. The van der Waals surface area contributed by atoms with Gasteiger partial charge in [0.2, 0.25) is 0 Å². The molecule has 1 N–H and O–H groups in total. The van der Waals surface area contributed by atoms with E-state index in [0.29, 0.717) is 17.1 Å². The van der Waals surface area contributed by atoms with Crippen LogP contribution in [0.15, 0.2) is 30.5 Å². The maximum Gasteiger partial charge on any atom is 0.355 e. The topological polar surface area (TPSA) is 80.2 Å². The molecular formula is C15H14N2O3S. The number of carboxylic acid groups (broad SMARTS) is 1. The third kappa shape index (κ3) is 3.46. The molecule has 21 heavy (non-hydrogen) atoms. The van der Waals surface area contributed by atoms with Crippen LogP contribution in [-0.2, 0) is 5.75 Å². The second-order valence-electron chi connectivity index (χ2n) is 4.48. The molecule has 0 aliphatic heterocycles. The van der Waals surface area contributed by atoms with E-state index in [1.54, 1.807) is 24.3 Å². The molecule has 0 saturated heterocycles. The number of hydrogen-bond acceptors (Lipinski definition) is 5. The van der Waals surface area contributed by atoms with Crippen LogP contribution < -0.4 is 0 Å². The Labute approximate surface area is 126 Å². The zero-order valence-electron chi connectivity index (χ0n) is 11.7. The van der Waals surface area contributed by atoms with Gasteiger partial charge in [-0.05, 0) is 13.2 Å². The van der Waals surface area contributed by atoms with E-state index in [4.69, 9.17) is 0 Å². The van der Waals surface area contributed by atoms with Gasteiger partial charge in [0.1, 0.15) is 5.82 Å². The summed E-state index contributed by atoms with van der Waals surface area (Å²) in [7, 11) is 0. The van der Waals surface area contributed by atoms with Crippen LogP contribution in [0.3, 0.4) is 0 Å². The van der Waals surface area contributed by atoms with E-state index in [9.17, 15) is 14.7 Å². The fourth-order valence-corrected chi connectivity index (χ4v) is 2.20. The Morgan fingerprint density at radius 1 is 1.24 bits per heavy atom. The van der Waals surface area contributed by atoms with Gasteiger partial charge in [-0.25, -0.2) is 14.8 Å². The van der Waals surface area contributed by atoms with Gasteiger partial charge in [0.15, 0.2) is 11.5 Å². The largest absolute Gasteiger partial charge is 0.476 e. The van der Waals surface area contributed by atoms with Crippen molar-refractivity contribution < 1.29 is 14.7 Å². The molecule has 0 radical (unpaired) electrons. The van der Waals surface area contributed by atoms with E-state index in [0.717, 1.165) is 5.56 Å². The molecule has 0 saturated carbocycles. The first-order valence-corrected chi connectivity index (χ1v) is 7.62. The number of aryl methyl sites for hydroxylation is 1. The predicted octanol–water partition coefficient (Wildman–Crippen LogP) is 2.58. The third-order valence-corrected chi connectivity index (χ3v) is 3.42. The molecule has 0 aliphatic rings. The van der Waals surface area contributed by atoms with Crippen molar-refractivity contribution >= 4 is 23.5 Å². The average molecular weight is 302 g/mol. The highest BCUT2D eigenvalue weighted by Gasteiger charge is 2.20. The highest BCUT2D eigenvalue weighted by Crippen LogP contribution is 2.15. The molecule has 0 unspecified atom stereocenters. The van der Waals surface area contributed by atoms with E-state index in [2.05, 4.69) is 9.97 Å². The van der Waals surface area contributed by atoms with Crippen LogP contribution in [0.5, 0.6) is 0 Å². The molecule has 1 aromatic carbocycles. The molecule has 0 spiro atoms. The molecule has 5 nitrogen and oxygen atoms in total. The van der Waals surface area contributed by atoms with Crippen LogP contribution in [0.2, 0.25) is 0 Å². The predicted molar refractivity (Wildman–Crippen MR) is 80.8 cm³/mol. The summed E-state index contributed by atoms with van der Waals surface area (Å²) >= 11 is 1.48. The van der Waals surface area contributed by atoms with E-state index in [-0.39, 0.29) is 17.0 Å². The summed E-state index contributed by atoms with van der Waals surface area (Å²) in [5, 5.41) is 9.25. The molecule has 0 bridgehead atoms. The van der Waals surface area contributed by atoms with Gasteiger partial charge in [-0.2, -0.15) is 11.8 Å². The van der Waals surface area contributed by atoms with Crippen LogP contribution in [0.4, 0.5) is 0 Å². The summed E-state index contributed by atoms with van der Waals surface area (Å²) in [6.45, 7) is 1.91. The van der Waals surface area contributed by atoms with Crippen molar-refractivity contribution in [3.05, 3.63) is 58.7 Å².